The van der Waals surface area contributed by atoms with E-state index in [1.807, 2.05) is 0 Å². The van der Waals surface area contributed by atoms with Crippen LogP contribution >= 0.6 is 0 Å². The zero-order valence-electron chi connectivity index (χ0n) is 15.0. The minimum atomic E-state index is -4.72. The first kappa shape index (κ1) is 23.9. The van der Waals surface area contributed by atoms with Crippen LogP contribution < -0.4 is 19.9 Å². The molecule has 0 aliphatic rings. The Hall–Kier alpha value is -4.14. The largest absolute Gasteiger partial charge is 0.492 e. The van der Waals surface area contributed by atoms with Crippen molar-refractivity contribution in [3.05, 3.63) is 22.6 Å². The maximum Gasteiger partial charge on any atom is 0.397 e. The number of carboxylic acid groups (broad SMARTS) is 1. The van der Waals surface area contributed by atoms with Crippen LogP contribution in [-0.4, -0.2) is 43.9 Å². The van der Waals surface area contributed by atoms with Gasteiger partial charge >= 0.3 is 16.4 Å². The molecule has 0 aliphatic carbocycles. The predicted molar refractivity (Wildman–Crippen MR) is 95.7 cm³/mol. The molecule has 0 atom stereocenters. The van der Waals surface area contributed by atoms with Gasteiger partial charge in [0.05, 0.1) is 13.0 Å². The summed E-state index contributed by atoms with van der Waals surface area (Å²) < 4.78 is 44.4. The number of carbonyl (C=O) groups is 1. The van der Waals surface area contributed by atoms with Crippen LogP contribution in [0.1, 0.15) is 6.42 Å². The monoisotopic (exact) mass is 432 g/mol. The summed E-state index contributed by atoms with van der Waals surface area (Å²) in [5, 5.41) is 45.2. The van der Waals surface area contributed by atoms with Gasteiger partial charge in [-0.3, -0.25) is 9.35 Å². The van der Waals surface area contributed by atoms with Gasteiger partial charge in [-0.05, 0) is 12.1 Å². The second-order valence-electron chi connectivity index (χ2n) is 5.13. The molecule has 12 nitrogen and oxygen atoms in total. The fourth-order valence-corrected chi connectivity index (χ4v) is 2.30. The van der Waals surface area contributed by atoms with Crippen LogP contribution in [0.15, 0.2) is 12.1 Å². The second kappa shape index (κ2) is 11.0. The average molecular weight is 432 g/mol. The normalized spacial score (nSPS) is 9.90. The van der Waals surface area contributed by atoms with Gasteiger partial charge in [-0.1, -0.05) is 0 Å². The van der Waals surface area contributed by atoms with Crippen molar-refractivity contribution in [3.63, 3.8) is 0 Å². The van der Waals surface area contributed by atoms with Gasteiger partial charge in [0.2, 0.25) is 0 Å². The van der Waals surface area contributed by atoms with Crippen molar-refractivity contribution in [1.82, 2.24) is 0 Å². The van der Waals surface area contributed by atoms with E-state index in [1.165, 1.54) is 0 Å². The summed E-state index contributed by atoms with van der Waals surface area (Å²) in [6.45, 7) is -1.40. The number of ether oxygens (including phenoxy) is 2. The lowest BCUT2D eigenvalue weighted by Gasteiger charge is -2.11. The summed E-state index contributed by atoms with van der Waals surface area (Å²) >= 11 is 0. The quantitative estimate of drug-likeness (QED) is 0.360. The number of nitriles is 4. The van der Waals surface area contributed by atoms with Crippen molar-refractivity contribution >= 4 is 27.5 Å². The Balaban J connectivity index is 3.60. The highest BCUT2D eigenvalue weighted by Gasteiger charge is 2.13. The number of rotatable bonds is 9. The Morgan fingerprint density at radius 2 is 1.30 bits per heavy atom. The van der Waals surface area contributed by atoms with Crippen molar-refractivity contribution in [2.45, 2.75) is 6.42 Å². The molecule has 1 aromatic rings. The SMILES string of the molecule is N#CC(C#N)=c1cc(OCCC(=O)O)c(=C(C#N)C#N)cc1OCCOS(=O)(=O)O. The van der Waals surface area contributed by atoms with E-state index in [0.717, 1.165) is 12.1 Å². The molecule has 0 amide bonds. The molecule has 0 heterocycles. The van der Waals surface area contributed by atoms with Crippen molar-refractivity contribution in [3.8, 4) is 35.8 Å². The summed E-state index contributed by atoms with van der Waals surface area (Å²) in [6.07, 6.45) is -0.401. The van der Waals surface area contributed by atoms with Gasteiger partial charge in [0, 0.05) is 10.4 Å². The third-order valence-electron chi connectivity index (χ3n) is 3.21. The molecule has 13 heteroatoms. The molecule has 2 N–H and O–H groups in total. The van der Waals surface area contributed by atoms with Crippen LogP contribution in [-0.2, 0) is 19.4 Å². The van der Waals surface area contributed by atoms with Gasteiger partial charge in [-0.15, -0.1) is 0 Å². The molecule has 0 saturated carbocycles. The van der Waals surface area contributed by atoms with Crippen LogP contribution in [0.25, 0.3) is 11.1 Å². The van der Waals surface area contributed by atoms with E-state index in [0.29, 0.717) is 0 Å². The highest BCUT2D eigenvalue weighted by atomic mass is 32.3. The maximum atomic E-state index is 10.7. The third-order valence-corrected chi connectivity index (χ3v) is 3.68. The maximum absolute atomic E-state index is 10.7. The molecule has 0 radical (unpaired) electrons. The fraction of sp³-hybridized carbons (Fsp3) is 0.235. The van der Waals surface area contributed by atoms with E-state index in [2.05, 4.69) is 4.18 Å². The number of nitrogens with zero attached hydrogens (tertiary/aromatic N) is 4. The topological polar surface area (TPSA) is 215 Å². The summed E-state index contributed by atoms with van der Waals surface area (Å²) in [6, 6.07) is 8.73. The lowest BCUT2D eigenvalue weighted by atomic mass is 10.1. The van der Waals surface area contributed by atoms with Crippen LogP contribution in [0.3, 0.4) is 0 Å². The Bertz CT molecular complexity index is 1190. The molecular weight excluding hydrogens is 420 g/mol. The van der Waals surface area contributed by atoms with Crippen molar-refractivity contribution < 1.29 is 36.5 Å². The molecular formula is C17H12N4O8S. The van der Waals surface area contributed by atoms with Gasteiger partial charge in [-0.25, -0.2) is 4.18 Å². The molecule has 0 aromatic heterocycles. The molecule has 0 unspecified atom stereocenters. The zero-order chi connectivity index (χ0) is 22.7. The van der Waals surface area contributed by atoms with E-state index in [-0.39, 0.29) is 28.5 Å². The third kappa shape index (κ3) is 7.12. The van der Waals surface area contributed by atoms with Gasteiger partial charge in [0.25, 0.3) is 0 Å². The number of hydrogen-bond donors (Lipinski definition) is 2. The molecule has 0 spiro atoms. The van der Waals surface area contributed by atoms with Crippen molar-refractivity contribution in [2.24, 2.45) is 0 Å². The van der Waals surface area contributed by atoms with Crippen LogP contribution in [0.5, 0.6) is 11.5 Å². The van der Waals surface area contributed by atoms with Crippen LogP contribution in [0.4, 0.5) is 0 Å². The molecule has 0 aliphatic heterocycles. The Morgan fingerprint density at radius 3 is 1.67 bits per heavy atom. The lowest BCUT2D eigenvalue weighted by molar-refractivity contribution is -0.137. The average Bonchev–Trinajstić information content (AvgIpc) is 2.68. The van der Waals surface area contributed by atoms with E-state index >= 15 is 0 Å². The van der Waals surface area contributed by atoms with Gasteiger partial charge < -0.3 is 14.6 Å². The highest BCUT2D eigenvalue weighted by molar-refractivity contribution is 7.80. The predicted octanol–water partition coefficient (Wildman–Crippen LogP) is -0.866. The first-order valence-electron chi connectivity index (χ1n) is 7.79. The highest BCUT2D eigenvalue weighted by Crippen LogP contribution is 2.11. The van der Waals surface area contributed by atoms with Crippen LogP contribution in [0.2, 0.25) is 0 Å². The van der Waals surface area contributed by atoms with E-state index in [4.69, 9.17) is 40.2 Å². The summed E-state index contributed by atoms with van der Waals surface area (Å²) in [7, 11) is -4.72. The molecule has 1 rings (SSSR count). The standard InChI is InChI=1S/C17H12N4O8S/c18-7-11(8-19)13-6-16(28-3-4-29-30(24,25)26)14(12(9-20)10-21)5-15(13)27-2-1-17(22)23/h5-6H,1-4H2,(H,22,23)(H,24,25,26). The Labute approximate surface area is 170 Å². The lowest BCUT2D eigenvalue weighted by Crippen LogP contribution is -2.22. The summed E-state index contributed by atoms with van der Waals surface area (Å²) in [5.41, 5.74) is -0.868. The van der Waals surface area contributed by atoms with Crippen molar-refractivity contribution in [1.29, 1.82) is 21.0 Å². The van der Waals surface area contributed by atoms with E-state index < -0.39 is 47.1 Å². The minimum Gasteiger partial charge on any atom is -0.492 e. The number of aliphatic carboxylic acids is 1. The zero-order valence-corrected chi connectivity index (χ0v) is 15.8. The number of benzene rings is 1. The van der Waals surface area contributed by atoms with Gasteiger partial charge in [0.1, 0.15) is 60.1 Å². The Kier molecular flexibility index (Phi) is 8.77. The van der Waals surface area contributed by atoms with E-state index in [9.17, 15) is 13.2 Å². The second-order valence-corrected chi connectivity index (χ2v) is 6.22. The number of hydrogen-bond acceptors (Lipinski definition) is 10. The summed E-state index contributed by atoms with van der Waals surface area (Å²) in [5.74, 6) is -1.49. The first-order valence-corrected chi connectivity index (χ1v) is 9.15. The Morgan fingerprint density at radius 1 is 0.867 bits per heavy atom. The summed E-state index contributed by atoms with van der Waals surface area (Å²) in [4.78, 5) is 10.7. The van der Waals surface area contributed by atoms with Gasteiger partial charge in [-0.2, -0.15) is 29.5 Å². The molecule has 1 aromatic carbocycles. The fourth-order valence-electron chi connectivity index (χ4n) is 2.02. The molecule has 0 bridgehead atoms. The molecule has 30 heavy (non-hydrogen) atoms. The van der Waals surface area contributed by atoms with Crippen molar-refractivity contribution in [2.75, 3.05) is 19.8 Å². The minimum absolute atomic E-state index is 0.102. The molecule has 0 fully saturated rings. The smallest absolute Gasteiger partial charge is 0.397 e. The van der Waals surface area contributed by atoms with Gasteiger partial charge in [0.15, 0.2) is 0 Å². The van der Waals surface area contributed by atoms with E-state index in [1.54, 1.807) is 24.3 Å². The molecule has 154 valence electrons. The number of carboxylic acids is 1. The van der Waals surface area contributed by atoms with Crippen LogP contribution in [0, 0.1) is 45.3 Å². The molecule has 0 saturated heterocycles. The first-order chi connectivity index (χ1) is 14.2.